The normalized spacial score (nSPS) is 12.8. The van der Waals surface area contributed by atoms with E-state index in [1.165, 1.54) is 0 Å². The fourth-order valence-corrected chi connectivity index (χ4v) is 2.50. The van der Waals surface area contributed by atoms with Crippen molar-refractivity contribution in [3.05, 3.63) is 53.6 Å². The molecule has 1 aliphatic rings. The Morgan fingerprint density at radius 2 is 1.86 bits per heavy atom. The van der Waals surface area contributed by atoms with Gasteiger partial charge in [-0.2, -0.15) is 0 Å². The number of carbonyl (C=O) groups is 1. The third-order valence-electron chi connectivity index (χ3n) is 3.72. The van der Waals surface area contributed by atoms with Crippen molar-refractivity contribution in [3.63, 3.8) is 0 Å². The Kier molecular flexibility index (Phi) is 4.00. The SMILES string of the molecule is Cc1cccc(CC(=O)N(C)c2ccc3c(c2)OCCO3)c1. The Bertz CT molecular complexity index is 696. The first-order valence-corrected chi connectivity index (χ1v) is 7.35. The van der Waals surface area contributed by atoms with Crippen molar-refractivity contribution in [2.75, 3.05) is 25.2 Å². The van der Waals surface area contributed by atoms with Crippen LogP contribution in [-0.4, -0.2) is 26.2 Å². The second-order valence-corrected chi connectivity index (χ2v) is 5.45. The summed E-state index contributed by atoms with van der Waals surface area (Å²) >= 11 is 0. The fraction of sp³-hybridized carbons (Fsp3) is 0.278. The van der Waals surface area contributed by atoms with Gasteiger partial charge in [-0.15, -0.1) is 0 Å². The molecular formula is C18H19NO3. The van der Waals surface area contributed by atoms with E-state index in [1.807, 2.05) is 49.4 Å². The molecule has 3 rings (SSSR count). The van der Waals surface area contributed by atoms with Gasteiger partial charge in [0.2, 0.25) is 5.91 Å². The molecule has 22 heavy (non-hydrogen) atoms. The molecule has 2 aromatic carbocycles. The van der Waals surface area contributed by atoms with E-state index in [0.29, 0.717) is 25.4 Å². The summed E-state index contributed by atoms with van der Waals surface area (Å²) in [6.07, 6.45) is 0.382. The number of hydrogen-bond donors (Lipinski definition) is 0. The lowest BCUT2D eigenvalue weighted by molar-refractivity contribution is -0.117. The predicted molar refractivity (Wildman–Crippen MR) is 85.7 cm³/mol. The quantitative estimate of drug-likeness (QED) is 0.874. The van der Waals surface area contributed by atoms with Crippen LogP contribution in [0.5, 0.6) is 11.5 Å². The van der Waals surface area contributed by atoms with Crippen molar-refractivity contribution in [1.82, 2.24) is 0 Å². The largest absolute Gasteiger partial charge is 0.486 e. The lowest BCUT2D eigenvalue weighted by atomic mass is 10.1. The van der Waals surface area contributed by atoms with Gasteiger partial charge >= 0.3 is 0 Å². The van der Waals surface area contributed by atoms with E-state index in [-0.39, 0.29) is 5.91 Å². The molecule has 2 aromatic rings. The first-order valence-electron chi connectivity index (χ1n) is 7.35. The van der Waals surface area contributed by atoms with Gasteiger partial charge in [-0.05, 0) is 24.6 Å². The molecule has 0 saturated heterocycles. The smallest absolute Gasteiger partial charge is 0.231 e. The lowest BCUT2D eigenvalue weighted by Crippen LogP contribution is -2.28. The van der Waals surface area contributed by atoms with E-state index in [4.69, 9.17) is 9.47 Å². The minimum atomic E-state index is 0.0438. The molecule has 0 aliphatic carbocycles. The zero-order chi connectivity index (χ0) is 15.5. The van der Waals surface area contributed by atoms with E-state index in [2.05, 4.69) is 0 Å². The molecule has 0 radical (unpaired) electrons. The average Bonchev–Trinajstić information content (AvgIpc) is 2.53. The molecule has 114 valence electrons. The molecule has 0 spiro atoms. The predicted octanol–water partition coefficient (Wildman–Crippen LogP) is 2.97. The monoisotopic (exact) mass is 297 g/mol. The van der Waals surface area contributed by atoms with E-state index in [9.17, 15) is 4.79 Å². The van der Waals surface area contributed by atoms with E-state index >= 15 is 0 Å². The number of amides is 1. The highest BCUT2D eigenvalue weighted by Crippen LogP contribution is 2.33. The van der Waals surface area contributed by atoms with Crippen molar-refractivity contribution < 1.29 is 14.3 Å². The van der Waals surface area contributed by atoms with Crippen LogP contribution in [0.3, 0.4) is 0 Å². The van der Waals surface area contributed by atoms with Gasteiger partial charge in [0.25, 0.3) is 0 Å². The van der Waals surface area contributed by atoms with Crippen molar-refractivity contribution in [3.8, 4) is 11.5 Å². The fourth-order valence-electron chi connectivity index (χ4n) is 2.50. The molecule has 4 heteroatoms. The molecule has 4 nitrogen and oxygen atoms in total. The number of carbonyl (C=O) groups excluding carboxylic acids is 1. The second kappa shape index (κ2) is 6.10. The van der Waals surface area contributed by atoms with Gasteiger partial charge < -0.3 is 14.4 Å². The van der Waals surface area contributed by atoms with Crippen molar-refractivity contribution in [2.45, 2.75) is 13.3 Å². The number of aryl methyl sites for hydroxylation is 1. The van der Waals surface area contributed by atoms with Gasteiger partial charge in [0.15, 0.2) is 11.5 Å². The van der Waals surface area contributed by atoms with Crippen LogP contribution in [0, 0.1) is 6.92 Å². The summed E-state index contributed by atoms with van der Waals surface area (Å²) < 4.78 is 11.1. The molecule has 0 atom stereocenters. The number of anilines is 1. The lowest BCUT2D eigenvalue weighted by Gasteiger charge is -2.22. The number of nitrogens with zero attached hydrogens (tertiary/aromatic N) is 1. The van der Waals surface area contributed by atoms with Gasteiger partial charge in [0, 0.05) is 18.8 Å². The summed E-state index contributed by atoms with van der Waals surface area (Å²) in [5, 5.41) is 0. The van der Waals surface area contributed by atoms with Gasteiger partial charge in [-0.3, -0.25) is 4.79 Å². The van der Waals surface area contributed by atoms with Crippen LogP contribution < -0.4 is 14.4 Å². The molecule has 0 N–H and O–H groups in total. The molecule has 0 bridgehead atoms. The first-order chi connectivity index (χ1) is 10.6. The highest BCUT2D eigenvalue weighted by atomic mass is 16.6. The number of hydrogen-bond acceptors (Lipinski definition) is 3. The summed E-state index contributed by atoms with van der Waals surface area (Å²) in [4.78, 5) is 14.1. The Labute approximate surface area is 130 Å². The Hall–Kier alpha value is -2.49. The standard InChI is InChI=1S/C18H19NO3/c1-13-4-3-5-14(10-13)11-18(20)19(2)15-6-7-16-17(12-15)22-9-8-21-16/h3-7,10,12H,8-9,11H2,1-2H3. The third-order valence-corrected chi connectivity index (χ3v) is 3.72. The number of fused-ring (bicyclic) bond motifs is 1. The molecule has 0 unspecified atom stereocenters. The van der Waals surface area contributed by atoms with Crippen LogP contribution in [0.15, 0.2) is 42.5 Å². The molecule has 0 aromatic heterocycles. The van der Waals surface area contributed by atoms with Crippen LogP contribution in [-0.2, 0) is 11.2 Å². The van der Waals surface area contributed by atoms with Crippen molar-refractivity contribution in [1.29, 1.82) is 0 Å². The second-order valence-electron chi connectivity index (χ2n) is 5.45. The number of benzene rings is 2. The van der Waals surface area contributed by atoms with Gasteiger partial charge in [-0.25, -0.2) is 0 Å². The number of ether oxygens (including phenoxy) is 2. The molecule has 1 aliphatic heterocycles. The summed E-state index contributed by atoms with van der Waals surface area (Å²) in [5.41, 5.74) is 2.99. The highest BCUT2D eigenvalue weighted by Gasteiger charge is 2.16. The third kappa shape index (κ3) is 3.06. The van der Waals surface area contributed by atoms with E-state index < -0.39 is 0 Å². The average molecular weight is 297 g/mol. The summed E-state index contributed by atoms with van der Waals surface area (Å²) in [6.45, 7) is 3.13. The summed E-state index contributed by atoms with van der Waals surface area (Å²) in [7, 11) is 1.78. The van der Waals surface area contributed by atoms with Crippen LogP contribution in [0.2, 0.25) is 0 Å². The maximum absolute atomic E-state index is 12.4. The van der Waals surface area contributed by atoms with Crippen LogP contribution in [0.4, 0.5) is 5.69 Å². The number of rotatable bonds is 3. The van der Waals surface area contributed by atoms with Gasteiger partial charge in [0.1, 0.15) is 13.2 Å². The zero-order valence-electron chi connectivity index (χ0n) is 12.8. The molecule has 1 amide bonds. The molecule has 0 saturated carbocycles. The van der Waals surface area contributed by atoms with Gasteiger partial charge in [-0.1, -0.05) is 29.8 Å². The molecular weight excluding hydrogens is 278 g/mol. The van der Waals surface area contributed by atoms with Crippen LogP contribution >= 0.6 is 0 Å². The molecule has 0 fully saturated rings. The summed E-state index contributed by atoms with van der Waals surface area (Å²) in [6, 6.07) is 13.6. The Balaban J connectivity index is 1.75. The number of likely N-dealkylation sites (N-methyl/N-ethyl adjacent to an activating group) is 1. The van der Waals surface area contributed by atoms with Gasteiger partial charge in [0.05, 0.1) is 6.42 Å². The summed E-state index contributed by atoms with van der Waals surface area (Å²) in [5.74, 6) is 1.47. The minimum absolute atomic E-state index is 0.0438. The zero-order valence-corrected chi connectivity index (χ0v) is 12.8. The van der Waals surface area contributed by atoms with Crippen LogP contribution in [0.25, 0.3) is 0 Å². The molecule has 1 heterocycles. The first kappa shape index (κ1) is 14.4. The van der Waals surface area contributed by atoms with Crippen molar-refractivity contribution in [2.24, 2.45) is 0 Å². The maximum Gasteiger partial charge on any atom is 0.231 e. The topological polar surface area (TPSA) is 38.8 Å². The maximum atomic E-state index is 12.4. The minimum Gasteiger partial charge on any atom is -0.486 e. The highest BCUT2D eigenvalue weighted by molar-refractivity contribution is 5.94. The Morgan fingerprint density at radius 3 is 2.64 bits per heavy atom. The van der Waals surface area contributed by atoms with E-state index in [0.717, 1.165) is 22.6 Å². The van der Waals surface area contributed by atoms with Crippen LogP contribution in [0.1, 0.15) is 11.1 Å². The van der Waals surface area contributed by atoms with Crippen molar-refractivity contribution >= 4 is 11.6 Å². The Morgan fingerprint density at radius 1 is 1.09 bits per heavy atom. The van der Waals surface area contributed by atoms with E-state index in [1.54, 1.807) is 11.9 Å².